The predicted molar refractivity (Wildman–Crippen MR) is 104 cm³/mol. The Morgan fingerprint density at radius 1 is 1.00 bits per heavy atom. The van der Waals surface area contributed by atoms with Crippen LogP contribution in [0.3, 0.4) is 0 Å². The molecule has 0 heterocycles. The van der Waals surface area contributed by atoms with Gasteiger partial charge in [-0.2, -0.15) is 0 Å². The molecule has 0 aromatic heterocycles. The second-order valence-electron chi connectivity index (χ2n) is 8.71. The van der Waals surface area contributed by atoms with Gasteiger partial charge in [-0.1, -0.05) is 63.2 Å². The average Bonchev–Trinajstić information content (AvgIpc) is 2.85. The maximum absolute atomic E-state index is 10.7. The molecule has 0 aliphatic heterocycles. The van der Waals surface area contributed by atoms with Gasteiger partial charge in [-0.3, -0.25) is 0 Å². The van der Waals surface area contributed by atoms with Crippen LogP contribution in [0.15, 0.2) is 42.5 Å². The Balaban J connectivity index is 1.84. The summed E-state index contributed by atoms with van der Waals surface area (Å²) in [7, 11) is -1.79. The summed E-state index contributed by atoms with van der Waals surface area (Å²) in [6.45, 7) is 11.4. The molecule has 1 aliphatic rings. The molecule has 2 nitrogen and oxygen atoms in total. The van der Waals surface area contributed by atoms with Gasteiger partial charge in [0.2, 0.25) is 0 Å². The van der Waals surface area contributed by atoms with Crippen molar-refractivity contribution in [3.63, 3.8) is 0 Å². The molecule has 130 valence electrons. The van der Waals surface area contributed by atoms with E-state index in [1.807, 2.05) is 0 Å². The van der Waals surface area contributed by atoms with Crippen LogP contribution in [-0.2, 0) is 4.43 Å². The second kappa shape index (κ2) is 6.29. The zero-order chi connectivity index (χ0) is 17.5. The van der Waals surface area contributed by atoms with E-state index in [0.29, 0.717) is 0 Å². The predicted octanol–water partition coefficient (Wildman–Crippen LogP) is 5.47. The Kier molecular flexibility index (Phi) is 4.62. The number of hydrogen-bond acceptors (Lipinski definition) is 2. The molecule has 0 bridgehead atoms. The molecule has 3 atom stereocenters. The van der Waals surface area contributed by atoms with E-state index < -0.39 is 8.32 Å². The molecule has 0 unspecified atom stereocenters. The molecule has 1 saturated carbocycles. The summed E-state index contributed by atoms with van der Waals surface area (Å²) in [5.74, 6) is 0.172. The third kappa shape index (κ3) is 3.30. The Morgan fingerprint density at radius 2 is 1.67 bits per heavy atom. The third-order valence-corrected chi connectivity index (χ3v) is 10.5. The van der Waals surface area contributed by atoms with Crippen molar-refractivity contribution in [3.05, 3.63) is 48.0 Å². The topological polar surface area (TPSA) is 29.5 Å². The van der Waals surface area contributed by atoms with Crippen molar-refractivity contribution < 1.29 is 9.53 Å². The smallest absolute Gasteiger partial charge is 0.192 e. The fraction of sp³-hybridized carbons (Fsp3) is 0.524. The summed E-state index contributed by atoms with van der Waals surface area (Å²) in [6.07, 6.45) is 1.53. The van der Waals surface area contributed by atoms with E-state index in [1.165, 1.54) is 16.3 Å². The first-order valence-corrected chi connectivity index (χ1v) is 11.9. The fourth-order valence-electron chi connectivity index (χ4n) is 3.57. The SMILES string of the molecule is CC(C)(C)[Si](C)(C)O[C@@H]1C[C@@H](O)[C@H](c2cccc3ccccc23)C1. The van der Waals surface area contributed by atoms with E-state index in [2.05, 4.69) is 76.3 Å². The molecule has 0 spiro atoms. The summed E-state index contributed by atoms with van der Waals surface area (Å²) in [5, 5.41) is 13.4. The lowest BCUT2D eigenvalue weighted by atomic mass is 9.91. The van der Waals surface area contributed by atoms with Crippen LogP contribution >= 0.6 is 0 Å². The van der Waals surface area contributed by atoms with Gasteiger partial charge in [0.25, 0.3) is 0 Å². The van der Waals surface area contributed by atoms with Gasteiger partial charge in [0, 0.05) is 12.0 Å². The van der Waals surface area contributed by atoms with E-state index in [-0.39, 0.29) is 23.2 Å². The van der Waals surface area contributed by atoms with E-state index in [0.717, 1.165) is 12.8 Å². The second-order valence-corrected chi connectivity index (χ2v) is 13.5. The largest absolute Gasteiger partial charge is 0.414 e. The van der Waals surface area contributed by atoms with Crippen molar-refractivity contribution in [3.8, 4) is 0 Å². The van der Waals surface area contributed by atoms with Crippen LogP contribution in [0.5, 0.6) is 0 Å². The summed E-state index contributed by atoms with van der Waals surface area (Å²) < 4.78 is 6.58. The lowest BCUT2D eigenvalue weighted by Crippen LogP contribution is -2.43. The number of aliphatic hydroxyl groups is 1. The van der Waals surface area contributed by atoms with Gasteiger partial charge >= 0.3 is 0 Å². The first-order chi connectivity index (χ1) is 11.2. The monoisotopic (exact) mass is 342 g/mol. The van der Waals surface area contributed by atoms with Crippen molar-refractivity contribution in [1.82, 2.24) is 0 Å². The van der Waals surface area contributed by atoms with E-state index in [1.54, 1.807) is 0 Å². The minimum absolute atomic E-state index is 0.171. The molecule has 24 heavy (non-hydrogen) atoms. The van der Waals surface area contributed by atoms with Crippen LogP contribution in [0.2, 0.25) is 18.1 Å². The standard InChI is InChI=1S/C21H30O2Si/c1-21(2,3)24(4,5)23-16-13-19(20(22)14-16)18-12-8-10-15-9-6-7-11-17(15)18/h6-12,16,19-20,22H,13-14H2,1-5H3/t16-,19-,20+/m0/s1. The highest BCUT2D eigenvalue weighted by atomic mass is 28.4. The number of aliphatic hydroxyl groups excluding tert-OH is 1. The van der Waals surface area contributed by atoms with Crippen molar-refractivity contribution in [2.45, 2.75) is 69.9 Å². The molecule has 2 aromatic rings. The summed E-state index contributed by atoms with van der Waals surface area (Å²) in [5.41, 5.74) is 1.27. The normalized spacial score (nSPS) is 25.3. The maximum Gasteiger partial charge on any atom is 0.192 e. The van der Waals surface area contributed by atoms with E-state index in [9.17, 15) is 5.11 Å². The number of rotatable bonds is 3. The van der Waals surface area contributed by atoms with Crippen LogP contribution in [-0.4, -0.2) is 25.6 Å². The Morgan fingerprint density at radius 3 is 2.38 bits per heavy atom. The minimum Gasteiger partial charge on any atom is -0.414 e. The van der Waals surface area contributed by atoms with Crippen LogP contribution in [0.25, 0.3) is 10.8 Å². The Bertz CT molecular complexity index is 712. The van der Waals surface area contributed by atoms with Gasteiger partial charge in [0.05, 0.1) is 6.10 Å². The number of benzene rings is 2. The molecule has 2 aromatic carbocycles. The highest BCUT2D eigenvalue weighted by Crippen LogP contribution is 2.43. The van der Waals surface area contributed by atoms with Gasteiger partial charge in [0.1, 0.15) is 0 Å². The van der Waals surface area contributed by atoms with Gasteiger partial charge in [-0.05, 0) is 47.3 Å². The fourth-order valence-corrected chi connectivity index (χ4v) is 4.95. The maximum atomic E-state index is 10.7. The van der Waals surface area contributed by atoms with Gasteiger partial charge < -0.3 is 9.53 Å². The van der Waals surface area contributed by atoms with Crippen LogP contribution in [0.4, 0.5) is 0 Å². The van der Waals surface area contributed by atoms with Crippen LogP contribution < -0.4 is 0 Å². The van der Waals surface area contributed by atoms with Crippen LogP contribution in [0, 0.1) is 0 Å². The Hall–Kier alpha value is -1.16. The quantitative estimate of drug-likeness (QED) is 0.750. The lowest BCUT2D eigenvalue weighted by molar-refractivity contribution is 0.136. The number of fused-ring (bicyclic) bond motifs is 1. The first-order valence-electron chi connectivity index (χ1n) is 9.02. The van der Waals surface area contributed by atoms with E-state index in [4.69, 9.17) is 4.43 Å². The highest BCUT2D eigenvalue weighted by molar-refractivity contribution is 6.74. The molecule has 0 radical (unpaired) electrons. The molecular formula is C21H30O2Si. The van der Waals surface area contributed by atoms with Gasteiger partial charge in [-0.15, -0.1) is 0 Å². The Labute approximate surface area is 147 Å². The zero-order valence-corrected chi connectivity index (χ0v) is 16.5. The molecule has 3 heteroatoms. The first kappa shape index (κ1) is 17.7. The average molecular weight is 343 g/mol. The van der Waals surface area contributed by atoms with Crippen molar-refractivity contribution in [2.24, 2.45) is 0 Å². The van der Waals surface area contributed by atoms with Gasteiger partial charge in [-0.25, -0.2) is 0 Å². The highest BCUT2D eigenvalue weighted by Gasteiger charge is 2.43. The van der Waals surface area contributed by atoms with Crippen molar-refractivity contribution >= 4 is 19.1 Å². The lowest BCUT2D eigenvalue weighted by Gasteiger charge is -2.38. The minimum atomic E-state index is -1.79. The molecule has 1 fully saturated rings. The third-order valence-electron chi connectivity index (χ3n) is 5.98. The summed E-state index contributed by atoms with van der Waals surface area (Å²) in [4.78, 5) is 0. The number of hydrogen-bond donors (Lipinski definition) is 1. The van der Waals surface area contributed by atoms with Gasteiger partial charge in [0.15, 0.2) is 8.32 Å². The van der Waals surface area contributed by atoms with Crippen molar-refractivity contribution in [2.75, 3.05) is 0 Å². The van der Waals surface area contributed by atoms with Crippen LogP contribution in [0.1, 0.15) is 45.1 Å². The molecule has 0 saturated heterocycles. The summed E-state index contributed by atoms with van der Waals surface area (Å²) >= 11 is 0. The zero-order valence-electron chi connectivity index (χ0n) is 15.5. The molecular weight excluding hydrogens is 312 g/mol. The van der Waals surface area contributed by atoms with E-state index >= 15 is 0 Å². The molecule has 1 N–H and O–H groups in total. The molecule has 3 rings (SSSR count). The molecule has 1 aliphatic carbocycles. The molecule has 0 amide bonds. The van der Waals surface area contributed by atoms with Crippen molar-refractivity contribution in [1.29, 1.82) is 0 Å². The summed E-state index contributed by atoms with van der Waals surface area (Å²) in [6, 6.07) is 14.9.